The van der Waals surface area contributed by atoms with Crippen LogP contribution in [0.3, 0.4) is 0 Å². The largest absolute Gasteiger partial charge is 0.296 e. The summed E-state index contributed by atoms with van der Waals surface area (Å²) >= 11 is 1.32. The van der Waals surface area contributed by atoms with Crippen LogP contribution in [-0.4, -0.2) is 31.6 Å². The second-order valence-corrected chi connectivity index (χ2v) is 9.09. The Morgan fingerprint density at radius 2 is 1.92 bits per heavy atom. The van der Waals surface area contributed by atoms with Crippen molar-refractivity contribution in [2.75, 3.05) is 12.4 Å². The minimum absolute atomic E-state index is 0.0953. The summed E-state index contributed by atoms with van der Waals surface area (Å²) in [5, 5.41) is 12.0. The minimum Gasteiger partial charge on any atom is -0.296 e. The van der Waals surface area contributed by atoms with Crippen LogP contribution in [0.15, 0.2) is 17.0 Å². The number of aromatic nitrogens is 2. The summed E-state index contributed by atoms with van der Waals surface area (Å²) < 4.78 is 26.6. The molecule has 0 saturated heterocycles. The van der Waals surface area contributed by atoms with Crippen LogP contribution in [0.2, 0.25) is 0 Å². The summed E-state index contributed by atoms with van der Waals surface area (Å²) in [5.74, 6) is 0.0356. The number of hydrogen-bond donors (Lipinski definition) is 2. The van der Waals surface area contributed by atoms with Crippen LogP contribution in [-0.2, 0) is 16.4 Å². The number of benzene rings is 1. The maximum Gasteiger partial charge on any atom is 0.257 e. The number of anilines is 1. The van der Waals surface area contributed by atoms with Gasteiger partial charge >= 0.3 is 0 Å². The van der Waals surface area contributed by atoms with E-state index in [2.05, 4.69) is 34.1 Å². The zero-order valence-electron chi connectivity index (χ0n) is 14.9. The van der Waals surface area contributed by atoms with Crippen molar-refractivity contribution in [2.24, 2.45) is 5.92 Å². The molecule has 0 atom stereocenters. The van der Waals surface area contributed by atoms with Crippen LogP contribution >= 0.6 is 11.3 Å². The van der Waals surface area contributed by atoms with E-state index in [0.29, 0.717) is 16.6 Å². The smallest absolute Gasteiger partial charge is 0.257 e. The maximum atomic E-state index is 12.5. The Kier molecular flexibility index (Phi) is 5.91. The number of hydrogen-bond acceptors (Lipinski definition) is 6. The van der Waals surface area contributed by atoms with Crippen molar-refractivity contribution in [3.63, 3.8) is 0 Å². The molecule has 0 aliphatic rings. The van der Waals surface area contributed by atoms with Gasteiger partial charge < -0.3 is 0 Å². The van der Waals surface area contributed by atoms with E-state index in [1.807, 2.05) is 0 Å². The third kappa shape index (κ3) is 4.62. The van der Waals surface area contributed by atoms with Crippen LogP contribution in [0.5, 0.6) is 0 Å². The maximum absolute atomic E-state index is 12.5. The average molecular weight is 383 g/mol. The van der Waals surface area contributed by atoms with Crippen molar-refractivity contribution >= 4 is 32.4 Å². The Hall–Kier alpha value is -1.84. The lowest BCUT2D eigenvalue weighted by Gasteiger charge is -2.11. The molecule has 0 saturated carbocycles. The number of rotatable bonds is 6. The monoisotopic (exact) mass is 382 g/mol. The first-order chi connectivity index (χ1) is 11.6. The molecule has 0 unspecified atom stereocenters. The summed E-state index contributed by atoms with van der Waals surface area (Å²) in [5.41, 5.74) is 1.60. The average Bonchev–Trinajstić information content (AvgIpc) is 2.95. The van der Waals surface area contributed by atoms with Crippen LogP contribution in [0.25, 0.3) is 0 Å². The lowest BCUT2D eigenvalue weighted by atomic mass is 10.1. The summed E-state index contributed by atoms with van der Waals surface area (Å²) in [6.07, 6.45) is 0.793. The fraction of sp³-hybridized carbons (Fsp3) is 0.438. The van der Waals surface area contributed by atoms with E-state index in [1.54, 1.807) is 19.9 Å². The molecule has 136 valence electrons. The molecule has 0 aliphatic heterocycles. The van der Waals surface area contributed by atoms with Gasteiger partial charge in [-0.1, -0.05) is 25.2 Å². The predicted molar refractivity (Wildman–Crippen MR) is 98.6 cm³/mol. The molecule has 0 aliphatic carbocycles. The highest BCUT2D eigenvalue weighted by Crippen LogP contribution is 2.23. The Balaban J connectivity index is 2.29. The van der Waals surface area contributed by atoms with Gasteiger partial charge in [-0.3, -0.25) is 10.1 Å². The quantitative estimate of drug-likeness (QED) is 0.799. The van der Waals surface area contributed by atoms with Gasteiger partial charge in [-0.25, -0.2) is 13.1 Å². The molecule has 0 bridgehead atoms. The molecule has 1 heterocycles. The van der Waals surface area contributed by atoms with Gasteiger partial charge in [0.05, 0.1) is 4.90 Å². The van der Waals surface area contributed by atoms with Gasteiger partial charge in [0.25, 0.3) is 5.91 Å². The molecule has 2 rings (SSSR count). The molecular formula is C16H22N4O3S2. The van der Waals surface area contributed by atoms with E-state index in [-0.39, 0.29) is 10.5 Å². The van der Waals surface area contributed by atoms with Crippen LogP contribution in [0.1, 0.15) is 40.3 Å². The number of amides is 1. The molecule has 1 aromatic heterocycles. The number of nitrogens with one attached hydrogen (secondary N) is 2. The van der Waals surface area contributed by atoms with Gasteiger partial charge in [0.2, 0.25) is 15.2 Å². The zero-order valence-corrected chi connectivity index (χ0v) is 16.5. The SMILES string of the molecule is CNS(=O)(=O)c1cc(C(=O)Nc2nnc(CC(C)C)s2)cc(C)c1C. The number of sulfonamides is 1. The summed E-state index contributed by atoms with van der Waals surface area (Å²) in [6.45, 7) is 7.65. The Bertz CT molecular complexity index is 889. The third-order valence-electron chi connectivity index (χ3n) is 3.71. The predicted octanol–water partition coefficient (Wildman–Crippen LogP) is 2.51. The van der Waals surface area contributed by atoms with Crippen molar-refractivity contribution in [3.05, 3.63) is 33.8 Å². The Labute approximate surface area is 151 Å². The van der Waals surface area contributed by atoms with Crippen LogP contribution in [0, 0.1) is 19.8 Å². The van der Waals surface area contributed by atoms with Gasteiger partial charge in [-0.05, 0) is 50.1 Å². The summed E-state index contributed by atoms with van der Waals surface area (Å²) in [4.78, 5) is 12.6. The van der Waals surface area contributed by atoms with E-state index in [4.69, 9.17) is 0 Å². The standard InChI is InChI=1S/C16H22N4O3S2/c1-9(2)6-14-19-20-16(24-14)18-15(21)12-7-10(3)11(4)13(8-12)25(22,23)17-5/h7-9,17H,6H2,1-5H3,(H,18,20,21). The lowest BCUT2D eigenvalue weighted by Crippen LogP contribution is -2.21. The molecule has 0 radical (unpaired) electrons. The molecule has 0 fully saturated rings. The van der Waals surface area contributed by atoms with Crippen LogP contribution < -0.4 is 10.0 Å². The van der Waals surface area contributed by atoms with Crippen LogP contribution in [0.4, 0.5) is 5.13 Å². The first-order valence-electron chi connectivity index (χ1n) is 7.82. The summed E-state index contributed by atoms with van der Waals surface area (Å²) in [7, 11) is -2.30. The fourth-order valence-corrected chi connectivity index (χ4v) is 4.27. The van der Waals surface area contributed by atoms with E-state index < -0.39 is 15.9 Å². The second-order valence-electron chi connectivity index (χ2n) is 6.18. The molecule has 9 heteroatoms. The molecule has 0 spiro atoms. The van der Waals surface area contributed by atoms with Crippen molar-refractivity contribution in [1.29, 1.82) is 0 Å². The first kappa shape index (κ1) is 19.5. The topological polar surface area (TPSA) is 101 Å². The second kappa shape index (κ2) is 7.59. The van der Waals surface area contributed by atoms with E-state index >= 15 is 0 Å². The number of carbonyl (C=O) groups is 1. The number of aryl methyl sites for hydroxylation is 1. The van der Waals surface area contributed by atoms with E-state index in [9.17, 15) is 13.2 Å². The fourth-order valence-electron chi connectivity index (χ4n) is 2.25. The summed E-state index contributed by atoms with van der Waals surface area (Å²) in [6, 6.07) is 3.04. The molecule has 25 heavy (non-hydrogen) atoms. The van der Waals surface area contributed by atoms with Crippen molar-refractivity contribution in [3.8, 4) is 0 Å². The Morgan fingerprint density at radius 3 is 2.52 bits per heavy atom. The molecular weight excluding hydrogens is 360 g/mol. The normalized spacial score (nSPS) is 11.8. The zero-order chi connectivity index (χ0) is 18.8. The molecule has 1 aromatic carbocycles. The highest BCUT2D eigenvalue weighted by molar-refractivity contribution is 7.89. The van der Waals surface area contributed by atoms with Gasteiger partial charge in [0, 0.05) is 12.0 Å². The van der Waals surface area contributed by atoms with Gasteiger partial charge in [0.15, 0.2) is 0 Å². The minimum atomic E-state index is -3.64. The van der Waals surface area contributed by atoms with Crippen molar-refractivity contribution in [2.45, 2.75) is 39.0 Å². The number of nitrogens with zero attached hydrogens (tertiary/aromatic N) is 2. The molecule has 2 aromatic rings. The number of carbonyl (C=O) groups excluding carboxylic acids is 1. The van der Waals surface area contributed by atoms with Gasteiger partial charge in [-0.2, -0.15) is 0 Å². The van der Waals surface area contributed by atoms with E-state index in [0.717, 1.165) is 17.0 Å². The highest BCUT2D eigenvalue weighted by Gasteiger charge is 2.20. The first-order valence-corrected chi connectivity index (χ1v) is 10.1. The molecule has 7 nitrogen and oxygen atoms in total. The lowest BCUT2D eigenvalue weighted by molar-refractivity contribution is 0.102. The van der Waals surface area contributed by atoms with Gasteiger partial charge in [-0.15, -0.1) is 10.2 Å². The Morgan fingerprint density at radius 1 is 1.24 bits per heavy atom. The highest BCUT2D eigenvalue weighted by atomic mass is 32.2. The van der Waals surface area contributed by atoms with Crippen molar-refractivity contribution < 1.29 is 13.2 Å². The molecule has 1 amide bonds. The van der Waals surface area contributed by atoms with E-state index in [1.165, 1.54) is 24.5 Å². The van der Waals surface area contributed by atoms with Crippen molar-refractivity contribution in [1.82, 2.24) is 14.9 Å². The third-order valence-corrected chi connectivity index (χ3v) is 6.11. The molecule has 2 N–H and O–H groups in total. The van der Waals surface area contributed by atoms with Gasteiger partial charge in [0.1, 0.15) is 5.01 Å².